The highest BCUT2D eigenvalue weighted by molar-refractivity contribution is 6.06. The predicted octanol–water partition coefficient (Wildman–Crippen LogP) is 5.57. The second kappa shape index (κ2) is 11.3. The molecule has 0 saturated carbocycles. The number of anilines is 1. The van der Waals surface area contributed by atoms with Crippen molar-refractivity contribution >= 4 is 22.6 Å². The molecule has 2 aromatic rings. The fraction of sp³-hybridized carbons (Fsp3) is 0.312. The van der Waals surface area contributed by atoms with Gasteiger partial charge in [-0.05, 0) is 63.1 Å². The summed E-state index contributed by atoms with van der Waals surface area (Å²) in [4.78, 5) is 17.2. The number of benzene rings is 3. The molecule has 0 N–H and O–H groups in total. The number of rotatable bonds is 8. The number of amides is 1. The maximum Gasteiger partial charge on any atom is 0.255 e. The van der Waals surface area contributed by atoms with Crippen LogP contribution in [0.3, 0.4) is 0 Å². The van der Waals surface area contributed by atoms with Gasteiger partial charge in [-0.1, -0.05) is 24.1 Å². The van der Waals surface area contributed by atoms with Crippen molar-refractivity contribution in [3.8, 4) is 34.8 Å². The zero-order valence-corrected chi connectivity index (χ0v) is 22.5. The topological polar surface area (TPSA) is 39.7 Å². The van der Waals surface area contributed by atoms with Gasteiger partial charge in [-0.15, -0.1) is 6.42 Å². The highest BCUT2D eigenvalue weighted by atomic mass is 16.3. The Balaban J connectivity index is 2.04. The van der Waals surface area contributed by atoms with E-state index >= 15 is 0 Å². The molecule has 2 aromatic carbocycles. The van der Waals surface area contributed by atoms with Crippen molar-refractivity contribution in [1.82, 2.24) is 9.48 Å². The molecule has 4 rings (SSSR count). The van der Waals surface area contributed by atoms with E-state index in [0.717, 1.165) is 70.6 Å². The summed E-state index contributed by atoms with van der Waals surface area (Å²) in [5, 5.41) is 2.12. The predicted molar refractivity (Wildman–Crippen MR) is 154 cm³/mol. The van der Waals surface area contributed by atoms with Crippen LogP contribution in [0.25, 0.3) is 33.4 Å². The van der Waals surface area contributed by atoms with Gasteiger partial charge in [-0.25, -0.2) is 4.58 Å². The number of fused-ring (bicyclic) bond motifs is 2. The molecule has 0 aromatic heterocycles. The van der Waals surface area contributed by atoms with Crippen LogP contribution in [0, 0.1) is 12.3 Å². The molecule has 37 heavy (non-hydrogen) atoms. The van der Waals surface area contributed by atoms with Crippen LogP contribution in [0.5, 0.6) is 0 Å². The lowest BCUT2D eigenvalue weighted by Gasteiger charge is -2.24. The molecule has 190 valence electrons. The summed E-state index contributed by atoms with van der Waals surface area (Å²) < 4.78 is 8.89. The Morgan fingerprint density at radius 1 is 0.946 bits per heavy atom. The summed E-state index contributed by atoms with van der Waals surface area (Å²) in [6, 6.07) is 20.6. The summed E-state index contributed by atoms with van der Waals surface area (Å²) in [5.41, 5.74) is 5.34. The van der Waals surface area contributed by atoms with Crippen molar-refractivity contribution in [2.75, 3.05) is 44.7 Å². The third kappa shape index (κ3) is 5.11. The molecule has 0 fully saturated rings. The Labute approximate surface area is 220 Å². The first-order valence-electron chi connectivity index (χ1n) is 13.1. The molecule has 5 heteroatoms. The van der Waals surface area contributed by atoms with Crippen LogP contribution < -0.4 is 14.8 Å². The molecule has 0 saturated heterocycles. The zero-order valence-electron chi connectivity index (χ0n) is 22.5. The van der Waals surface area contributed by atoms with E-state index in [1.807, 2.05) is 24.3 Å². The second-order valence-electron chi connectivity index (χ2n) is 9.13. The quantitative estimate of drug-likeness (QED) is 0.183. The number of carbonyl (C=O) groups is 1. The summed E-state index contributed by atoms with van der Waals surface area (Å²) in [7, 11) is 1.74. The number of hydrogen-bond acceptors (Lipinski definition) is 3. The summed E-state index contributed by atoms with van der Waals surface area (Å²) >= 11 is 0. The number of carbonyl (C=O) groups excluding carboxylic acids is 1. The number of hydrogen-bond donors (Lipinski definition) is 0. The lowest BCUT2D eigenvalue weighted by atomic mass is 9.93. The molecule has 0 radical (unpaired) electrons. The maximum atomic E-state index is 13.4. The molecule has 1 aliphatic carbocycles. The molecule has 0 atom stereocenters. The highest BCUT2D eigenvalue weighted by Gasteiger charge is 2.21. The van der Waals surface area contributed by atoms with Crippen molar-refractivity contribution in [1.29, 1.82) is 0 Å². The van der Waals surface area contributed by atoms with Crippen LogP contribution in [-0.4, -0.2) is 50.6 Å². The van der Waals surface area contributed by atoms with Gasteiger partial charge in [0, 0.05) is 54.5 Å². The average molecular weight is 495 g/mol. The average Bonchev–Trinajstić information content (AvgIpc) is 2.92. The minimum atomic E-state index is -0.100. The number of nitrogens with zero attached hydrogens (tertiary/aromatic N) is 3. The lowest BCUT2D eigenvalue weighted by Crippen LogP contribution is -2.29. The van der Waals surface area contributed by atoms with Crippen LogP contribution in [0.15, 0.2) is 65.1 Å². The van der Waals surface area contributed by atoms with Crippen molar-refractivity contribution in [2.24, 2.45) is 0 Å². The largest absolute Gasteiger partial charge is 0.456 e. The van der Waals surface area contributed by atoms with Crippen LogP contribution in [-0.2, 0) is 0 Å². The molecule has 1 amide bonds. The Bertz CT molecular complexity index is 1500. The molecule has 1 heterocycles. The molecular formula is C32H36N3O2+. The van der Waals surface area contributed by atoms with E-state index in [9.17, 15) is 4.79 Å². The van der Waals surface area contributed by atoms with Crippen molar-refractivity contribution < 1.29 is 9.21 Å². The normalized spacial score (nSPS) is 10.9. The lowest BCUT2D eigenvalue weighted by molar-refractivity contribution is 0.0813. The Kier molecular flexibility index (Phi) is 7.98. The van der Waals surface area contributed by atoms with E-state index in [4.69, 9.17) is 10.8 Å². The van der Waals surface area contributed by atoms with E-state index in [0.29, 0.717) is 5.56 Å². The van der Waals surface area contributed by atoms with Crippen LogP contribution in [0.4, 0.5) is 5.69 Å². The third-order valence-electron chi connectivity index (χ3n) is 7.02. The van der Waals surface area contributed by atoms with Crippen molar-refractivity contribution in [2.45, 2.75) is 27.7 Å². The van der Waals surface area contributed by atoms with Crippen LogP contribution in [0.1, 0.15) is 38.1 Å². The van der Waals surface area contributed by atoms with E-state index in [-0.39, 0.29) is 12.5 Å². The van der Waals surface area contributed by atoms with Crippen molar-refractivity contribution in [3.05, 3.63) is 71.6 Å². The summed E-state index contributed by atoms with van der Waals surface area (Å²) in [6.45, 7) is 12.5. The Hall–Kier alpha value is -4.04. The fourth-order valence-corrected chi connectivity index (χ4v) is 4.95. The molecule has 0 unspecified atom stereocenters. The zero-order chi connectivity index (χ0) is 26.5. The van der Waals surface area contributed by atoms with Gasteiger partial charge in [0.25, 0.3) is 5.91 Å². The van der Waals surface area contributed by atoms with Gasteiger partial charge in [-0.3, -0.25) is 4.79 Å². The van der Waals surface area contributed by atoms with Gasteiger partial charge in [0.15, 0.2) is 0 Å². The summed E-state index contributed by atoms with van der Waals surface area (Å²) in [6.07, 6.45) is 5.49. The van der Waals surface area contributed by atoms with E-state index < -0.39 is 0 Å². The molecule has 1 aliphatic heterocycles. The van der Waals surface area contributed by atoms with Gasteiger partial charge in [-0.2, -0.15) is 0 Å². The Morgan fingerprint density at radius 3 is 2.35 bits per heavy atom. The molecule has 0 bridgehead atoms. The van der Waals surface area contributed by atoms with Gasteiger partial charge in [0.2, 0.25) is 5.36 Å². The smallest absolute Gasteiger partial charge is 0.255 e. The first-order valence-corrected chi connectivity index (χ1v) is 13.1. The minimum absolute atomic E-state index is 0.100. The molecule has 0 spiro atoms. The molecule has 5 nitrogen and oxygen atoms in total. The monoisotopic (exact) mass is 494 g/mol. The Morgan fingerprint density at radius 2 is 1.68 bits per heavy atom. The fourth-order valence-electron chi connectivity index (χ4n) is 4.95. The van der Waals surface area contributed by atoms with E-state index in [1.54, 1.807) is 11.9 Å². The van der Waals surface area contributed by atoms with Crippen molar-refractivity contribution in [3.63, 3.8) is 0 Å². The minimum Gasteiger partial charge on any atom is -0.456 e. The molecular weight excluding hydrogens is 458 g/mol. The van der Waals surface area contributed by atoms with Gasteiger partial charge in [0.05, 0.1) is 12.6 Å². The first-order chi connectivity index (χ1) is 17.9. The van der Waals surface area contributed by atoms with E-state index in [2.05, 4.69) is 79.5 Å². The second-order valence-corrected chi connectivity index (χ2v) is 9.13. The van der Waals surface area contributed by atoms with Gasteiger partial charge in [0.1, 0.15) is 24.4 Å². The SMILES string of the molecule is C#CCN(C)C(=O)c1ccccc1-c1cc(N(CC)CC)cc2oc3cc(=[N+](CC)CC)ccc-3cc12. The third-order valence-corrected chi connectivity index (χ3v) is 7.02. The van der Waals surface area contributed by atoms with E-state index in [1.165, 1.54) is 0 Å². The van der Waals surface area contributed by atoms with Gasteiger partial charge >= 0.3 is 0 Å². The summed E-state index contributed by atoms with van der Waals surface area (Å²) in [5.74, 6) is 3.31. The number of terminal acetylenes is 1. The maximum absolute atomic E-state index is 13.4. The van der Waals surface area contributed by atoms with Crippen LogP contribution >= 0.6 is 0 Å². The standard InChI is InChI=1S/C32H36N3O2/c1-7-18-33(6)32(36)27-15-13-12-14-26(27)28-20-25(35(10-4)11-5)22-31-29(28)19-23-16-17-24(21-30(23)37-31)34(8-2)9-3/h1,12-17,19-22H,8-11,18H2,2-6H3/q+1. The molecule has 2 aliphatic rings. The highest BCUT2D eigenvalue weighted by Crippen LogP contribution is 2.38. The first kappa shape index (κ1) is 26.0. The van der Waals surface area contributed by atoms with Crippen LogP contribution in [0.2, 0.25) is 0 Å². The van der Waals surface area contributed by atoms with Gasteiger partial charge < -0.3 is 14.2 Å².